The Morgan fingerprint density at radius 2 is 0.923 bits per heavy atom. The second kappa shape index (κ2) is 20.1. The van der Waals surface area contributed by atoms with Gasteiger partial charge in [-0.25, -0.2) is 0 Å². The number of quaternary nitrogens is 1. The molecular formula is C23H51BrN2. The highest BCUT2D eigenvalue weighted by Crippen LogP contribution is 2.11. The first-order valence-electron chi connectivity index (χ1n) is 11.5. The van der Waals surface area contributed by atoms with Crippen molar-refractivity contribution in [3.05, 3.63) is 0 Å². The summed E-state index contributed by atoms with van der Waals surface area (Å²) in [6, 6.07) is 0. The van der Waals surface area contributed by atoms with Crippen molar-refractivity contribution in [2.45, 2.75) is 104 Å². The van der Waals surface area contributed by atoms with E-state index in [0.29, 0.717) is 0 Å². The molecule has 0 aliphatic rings. The molecule has 3 heteroatoms. The van der Waals surface area contributed by atoms with Gasteiger partial charge in [-0.05, 0) is 51.7 Å². The van der Waals surface area contributed by atoms with Gasteiger partial charge in [0.2, 0.25) is 0 Å². The van der Waals surface area contributed by atoms with E-state index in [-0.39, 0.29) is 17.0 Å². The fraction of sp³-hybridized carbons (Fsp3) is 1.00. The summed E-state index contributed by atoms with van der Waals surface area (Å²) in [6.07, 6.45) is 19.9. The van der Waals surface area contributed by atoms with Crippen molar-refractivity contribution in [3.8, 4) is 0 Å². The van der Waals surface area contributed by atoms with Crippen molar-refractivity contribution in [1.82, 2.24) is 4.90 Å². The Morgan fingerprint density at radius 3 is 1.35 bits per heavy atom. The monoisotopic (exact) mass is 434 g/mol. The summed E-state index contributed by atoms with van der Waals surface area (Å²) in [6.45, 7) is 9.89. The Balaban J connectivity index is 0. The average molecular weight is 436 g/mol. The van der Waals surface area contributed by atoms with Crippen molar-refractivity contribution < 1.29 is 21.5 Å². The van der Waals surface area contributed by atoms with Gasteiger partial charge < -0.3 is 26.4 Å². The van der Waals surface area contributed by atoms with Crippen LogP contribution in [0, 0.1) is 0 Å². The molecule has 160 valence electrons. The predicted molar refractivity (Wildman–Crippen MR) is 115 cm³/mol. The zero-order chi connectivity index (χ0) is 18.8. The van der Waals surface area contributed by atoms with Gasteiger partial charge in [-0.15, -0.1) is 0 Å². The lowest BCUT2D eigenvalue weighted by Gasteiger charge is -2.24. The van der Waals surface area contributed by atoms with Gasteiger partial charge in [-0.3, -0.25) is 0 Å². The zero-order valence-electron chi connectivity index (χ0n) is 19.0. The Labute approximate surface area is 177 Å². The van der Waals surface area contributed by atoms with E-state index in [2.05, 4.69) is 39.9 Å². The van der Waals surface area contributed by atoms with Crippen molar-refractivity contribution in [2.75, 3.05) is 47.3 Å². The first kappa shape index (κ1) is 28.6. The number of hydrogen-bond donors (Lipinski definition) is 0. The van der Waals surface area contributed by atoms with Crippen LogP contribution in [0.4, 0.5) is 0 Å². The third-order valence-corrected chi connectivity index (χ3v) is 5.17. The van der Waals surface area contributed by atoms with Crippen molar-refractivity contribution in [2.24, 2.45) is 0 Å². The normalized spacial score (nSPS) is 11.8. The number of hydrogen-bond acceptors (Lipinski definition) is 1. The fourth-order valence-corrected chi connectivity index (χ4v) is 3.57. The van der Waals surface area contributed by atoms with Gasteiger partial charge in [0.05, 0.1) is 27.7 Å². The van der Waals surface area contributed by atoms with Gasteiger partial charge in [0, 0.05) is 0 Å². The van der Waals surface area contributed by atoms with Crippen molar-refractivity contribution in [3.63, 3.8) is 0 Å². The summed E-state index contributed by atoms with van der Waals surface area (Å²) in [5, 5.41) is 0. The number of rotatable bonds is 19. The highest BCUT2D eigenvalue weighted by atomic mass is 79.9. The molecule has 0 aliphatic heterocycles. The molecule has 0 unspecified atom stereocenters. The minimum absolute atomic E-state index is 0. The summed E-state index contributed by atoms with van der Waals surface area (Å²) >= 11 is 0. The Bertz CT molecular complexity index is 263. The molecule has 0 saturated heterocycles. The van der Waals surface area contributed by atoms with Crippen LogP contribution in [0.15, 0.2) is 0 Å². The summed E-state index contributed by atoms with van der Waals surface area (Å²) in [5.74, 6) is 0. The topological polar surface area (TPSA) is 3.24 Å². The van der Waals surface area contributed by atoms with Gasteiger partial charge in [0.15, 0.2) is 0 Å². The van der Waals surface area contributed by atoms with Crippen LogP contribution in [-0.2, 0) is 0 Å². The Kier molecular flexibility index (Phi) is 22.2. The molecule has 0 heterocycles. The Hall–Kier alpha value is 0.400. The van der Waals surface area contributed by atoms with Crippen LogP contribution in [0.2, 0.25) is 0 Å². The molecule has 26 heavy (non-hydrogen) atoms. The molecule has 0 N–H and O–H groups in total. The molecule has 0 aromatic carbocycles. The van der Waals surface area contributed by atoms with Crippen LogP contribution in [-0.4, -0.2) is 56.7 Å². The van der Waals surface area contributed by atoms with E-state index in [1.165, 1.54) is 116 Å². The maximum absolute atomic E-state index is 2.72. The number of nitrogens with zero attached hydrogens (tertiary/aromatic N) is 2. The molecule has 0 aromatic heterocycles. The van der Waals surface area contributed by atoms with E-state index in [1.54, 1.807) is 0 Å². The molecule has 2 nitrogen and oxygen atoms in total. The minimum atomic E-state index is 0. The summed E-state index contributed by atoms with van der Waals surface area (Å²) in [4.78, 5) is 2.72. The van der Waals surface area contributed by atoms with Crippen LogP contribution in [0.3, 0.4) is 0 Å². The maximum Gasteiger partial charge on any atom is 0.0780 e. The molecular weight excluding hydrogens is 384 g/mol. The quantitative estimate of drug-likeness (QED) is 0.222. The molecule has 0 fully saturated rings. The van der Waals surface area contributed by atoms with E-state index in [0.717, 1.165) is 4.48 Å². The highest BCUT2D eigenvalue weighted by molar-refractivity contribution is 4.58. The summed E-state index contributed by atoms with van der Waals surface area (Å²) in [7, 11) is 6.90. The molecule has 0 radical (unpaired) electrons. The van der Waals surface area contributed by atoms with E-state index in [1.807, 2.05) is 0 Å². The Morgan fingerprint density at radius 1 is 0.500 bits per heavy atom. The molecule has 0 spiro atoms. The second-order valence-corrected chi connectivity index (χ2v) is 9.10. The lowest BCUT2D eigenvalue weighted by molar-refractivity contribution is -0.870. The number of unbranched alkanes of at least 4 members (excludes halogenated alkanes) is 11. The molecule has 0 amide bonds. The van der Waals surface area contributed by atoms with Gasteiger partial charge in [0.25, 0.3) is 0 Å². The van der Waals surface area contributed by atoms with E-state index in [9.17, 15) is 0 Å². The van der Waals surface area contributed by atoms with Gasteiger partial charge in [-0.2, -0.15) is 0 Å². The second-order valence-electron chi connectivity index (χ2n) is 9.10. The van der Waals surface area contributed by atoms with E-state index >= 15 is 0 Å². The third-order valence-electron chi connectivity index (χ3n) is 5.17. The SMILES string of the molecule is CCCCCCCCCCCCN(CCC)CCCCC[N+](C)(C)C.[Br-]. The lowest BCUT2D eigenvalue weighted by atomic mass is 10.1. The smallest absolute Gasteiger partial charge is 0.0780 e. The molecule has 0 bridgehead atoms. The predicted octanol–water partition coefficient (Wildman–Crippen LogP) is 3.50. The summed E-state index contributed by atoms with van der Waals surface area (Å²) < 4.78 is 1.11. The van der Waals surface area contributed by atoms with Gasteiger partial charge in [-0.1, -0.05) is 71.6 Å². The van der Waals surface area contributed by atoms with Crippen molar-refractivity contribution in [1.29, 1.82) is 0 Å². The van der Waals surface area contributed by atoms with Gasteiger partial charge in [0.1, 0.15) is 0 Å². The molecule has 0 aromatic rings. The van der Waals surface area contributed by atoms with Crippen LogP contribution in [0.25, 0.3) is 0 Å². The zero-order valence-corrected chi connectivity index (χ0v) is 20.6. The van der Waals surface area contributed by atoms with Crippen molar-refractivity contribution >= 4 is 0 Å². The van der Waals surface area contributed by atoms with E-state index in [4.69, 9.17) is 0 Å². The summed E-state index contributed by atoms with van der Waals surface area (Å²) in [5.41, 5.74) is 0. The lowest BCUT2D eigenvalue weighted by Crippen LogP contribution is -3.00. The molecule has 0 atom stereocenters. The van der Waals surface area contributed by atoms with E-state index < -0.39 is 0 Å². The van der Waals surface area contributed by atoms with Crippen LogP contribution in [0.1, 0.15) is 104 Å². The first-order chi connectivity index (χ1) is 12.0. The first-order valence-corrected chi connectivity index (χ1v) is 11.5. The average Bonchev–Trinajstić information content (AvgIpc) is 2.55. The standard InChI is InChI=1S/C23H51N2.BrH/c1-6-8-9-10-11-12-13-14-15-17-21-24(20-7-2)22-18-16-19-23-25(3,4)5;/h6-23H2,1-5H3;1H/q+1;/p-1. The molecule has 0 rings (SSSR count). The number of halogens is 1. The minimum Gasteiger partial charge on any atom is -1.00 e. The fourth-order valence-electron chi connectivity index (χ4n) is 3.57. The van der Waals surface area contributed by atoms with Crippen LogP contribution >= 0.6 is 0 Å². The maximum atomic E-state index is 2.72. The highest BCUT2D eigenvalue weighted by Gasteiger charge is 2.07. The molecule has 0 saturated carbocycles. The molecule has 0 aliphatic carbocycles. The van der Waals surface area contributed by atoms with Gasteiger partial charge >= 0.3 is 0 Å². The van der Waals surface area contributed by atoms with Crippen LogP contribution < -0.4 is 17.0 Å². The third kappa shape index (κ3) is 22.4. The largest absolute Gasteiger partial charge is 1.00 e. The van der Waals surface area contributed by atoms with Crippen LogP contribution in [0.5, 0.6) is 0 Å².